The molecule has 1 heterocycles. The van der Waals surface area contributed by atoms with E-state index in [0.717, 1.165) is 0 Å². The van der Waals surface area contributed by atoms with Gasteiger partial charge in [-0.25, -0.2) is 0 Å². The van der Waals surface area contributed by atoms with Gasteiger partial charge in [-0.1, -0.05) is 140 Å². The second-order valence-electron chi connectivity index (χ2n) is 13.3. The summed E-state index contributed by atoms with van der Waals surface area (Å²) >= 11 is 0. The molecule has 0 saturated heterocycles. The van der Waals surface area contributed by atoms with Crippen LogP contribution >= 0.6 is 0 Å². The van der Waals surface area contributed by atoms with E-state index in [1.807, 2.05) is 0 Å². The van der Waals surface area contributed by atoms with Gasteiger partial charge in [-0.15, -0.1) is 0 Å². The molecule has 0 aliphatic heterocycles. The van der Waals surface area contributed by atoms with Crippen LogP contribution in [0.2, 0.25) is 0 Å². The Bertz CT molecular complexity index is 2750. The molecule has 0 unspecified atom stereocenters. The van der Waals surface area contributed by atoms with Crippen molar-refractivity contribution in [3.05, 3.63) is 180 Å². The van der Waals surface area contributed by atoms with Gasteiger partial charge in [-0.2, -0.15) is 0 Å². The fraction of sp³-hybridized carbons (Fsp3) is 0.0435. The highest BCUT2D eigenvalue weighted by Gasteiger charge is 2.51. The highest BCUT2D eigenvalue weighted by atomic mass is 14.9. The van der Waals surface area contributed by atoms with Gasteiger partial charge in [0.15, 0.2) is 0 Å². The Morgan fingerprint density at radius 2 is 0.851 bits per heavy atom. The molecular weight excluding hydrogens is 567 g/mol. The predicted octanol–water partition coefficient (Wildman–Crippen LogP) is 11.6. The lowest BCUT2D eigenvalue weighted by Crippen LogP contribution is -2.25. The molecule has 0 saturated carbocycles. The smallest absolute Gasteiger partial charge is 0.0725 e. The lowest BCUT2D eigenvalue weighted by Gasteiger charge is -2.30. The van der Waals surface area contributed by atoms with Crippen LogP contribution in [0.15, 0.2) is 158 Å². The van der Waals surface area contributed by atoms with Crippen LogP contribution in [0.25, 0.3) is 76.7 Å². The van der Waals surface area contributed by atoms with Crippen molar-refractivity contribution in [2.24, 2.45) is 7.05 Å². The molecular formula is C46H29N. The summed E-state index contributed by atoms with van der Waals surface area (Å²) in [7, 11) is 2.22. The normalized spacial score (nSPS) is 13.8. The quantitative estimate of drug-likeness (QED) is 0.166. The number of rotatable bonds is 1. The van der Waals surface area contributed by atoms with E-state index in [9.17, 15) is 0 Å². The average molecular weight is 596 g/mol. The standard InChI is InChI=1S/C46H29N/c1-47-43-25-23-28(26-38(43)44-36-17-4-2-12-30(36)31-13-3-5-18-37(31)45(44)47)29-22-24-35-34-16-8-11-21-41(34)46(42(35)27-29)39-19-9-6-14-32(39)33-15-7-10-20-40(33)46/h2-27H,1H3. The summed E-state index contributed by atoms with van der Waals surface area (Å²) in [4.78, 5) is 0. The largest absolute Gasteiger partial charge is 0.343 e. The fourth-order valence-corrected chi connectivity index (χ4v) is 9.35. The van der Waals surface area contributed by atoms with Crippen molar-refractivity contribution in [2.75, 3.05) is 0 Å². The predicted molar refractivity (Wildman–Crippen MR) is 197 cm³/mol. The minimum absolute atomic E-state index is 0.339. The molecule has 0 amide bonds. The first-order valence-electron chi connectivity index (χ1n) is 16.5. The molecule has 1 nitrogen and oxygen atoms in total. The molecule has 0 N–H and O–H groups in total. The van der Waals surface area contributed by atoms with Crippen LogP contribution in [0.5, 0.6) is 0 Å². The first-order valence-corrected chi connectivity index (χ1v) is 16.5. The van der Waals surface area contributed by atoms with Crippen molar-refractivity contribution in [3.8, 4) is 33.4 Å². The summed E-state index contributed by atoms with van der Waals surface area (Å²) in [6, 6.07) is 59.2. The molecule has 9 aromatic rings. The zero-order chi connectivity index (χ0) is 30.9. The van der Waals surface area contributed by atoms with E-state index in [2.05, 4.69) is 169 Å². The van der Waals surface area contributed by atoms with Gasteiger partial charge in [0.1, 0.15) is 0 Å². The molecule has 1 spiro atoms. The van der Waals surface area contributed by atoms with Gasteiger partial charge in [0.2, 0.25) is 0 Å². The molecule has 11 rings (SSSR count). The highest BCUT2D eigenvalue weighted by Crippen LogP contribution is 2.63. The van der Waals surface area contributed by atoms with Crippen LogP contribution in [0.4, 0.5) is 0 Å². The molecule has 47 heavy (non-hydrogen) atoms. The van der Waals surface area contributed by atoms with Gasteiger partial charge in [-0.3, -0.25) is 0 Å². The molecule has 0 fully saturated rings. The van der Waals surface area contributed by atoms with Gasteiger partial charge < -0.3 is 4.57 Å². The van der Waals surface area contributed by atoms with Gasteiger partial charge in [0.25, 0.3) is 0 Å². The number of benzene rings is 8. The fourth-order valence-electron chi connectivity index (χ4n) is 9.35. The minimum Gasteiger partial charge on any atom is -0.343 e. The summed E-state index contributed by atoms with van der Waals surface area (Å²) in [5, 5.41) is 7.87. The van der Waals surface area contributed by atoms with Crippen molar-refractivity contribution in [2.45, 2.75) is 5.41 Å². The molecule has 1 aromatic heterocycles. The lowest BCUT2D eigenvalue weighted by molar-refractivity contribution is 0.794. The van der Waals surface area contributed by atoms with Crippen LogP contribution in [0.1, 0.15) is 22.3 Å². The Kier molecular flexibility index (Phi) is 4.77. The van der Waals surface area contributed by atoms with E-state index in [4.69, 9.17) is 0 Å². The molecule has 0 radical (unpaired) electrons. The van der Waals surface area contributed by atoms with E-state index in [-0.39, 0.29) is 5.41 Å². The second kappa shape index (κ2) is 8.87. The third-order valence-corrected chi connectivity index (χ3v) is 11.2. The molecule has 218 valence electrons. The van der Waals surface area contributed by atoms with E-state index in [1.54, 1.807) is 0 Å². The molecule has 8 aromatic carbocycles. The zero-order valence-electron chi connectivity index (χ0n) is 26.0. The maximum atomic E-state index is 2.49. The van der Waals surface area contributed by atoms with E-state index in [0.29, 0.717) is 0 Å². The number of hydrogen-bond acceptors (Lipinski definition) is 0. The van der Waals surface area contributed by atoms with Crippen LogP contribution in [0, 0.1) is 0 Å². The van der Waals surface area contributed by atoms with Gasteiger partial charge in [0.05, 0.1) is 10.9 Å². The maximum Gasteiger partial charge on any atom is 0.0725 e. The third kappa shape index (κ3) is 3.00. The maximum absolute atomic E-state index is 2.49. The van der Waals surface area contributed by atoms with Crippen molar-refractivity contribution in [1.29, 1.82) is 0 Å². The second-order valence-corrected chi connectivity index (χ2v) is 13.3. The van der Waals surface area contributed by atoms with E-state index in [1.165, 1.54) is 99.0 Å². The molecule has 2 aliphatic carbocycles. The summed E-state index contributed by atoms with van der Waals surface area (Å²) in [5.74, 6) is 0. The summed E-state index contributed by atoms with van der Waals surface area (Å²) < 4.78 is 2.39. The molecule has 0 bridgehead atoms. The monoisotopic (exact) mass is 595 g/mol. The van der Waals surface area contributed by atoms with Crippen molar-refractivity contribution < 1.29 is 0 Å². The number of aryl methyl sites for hydroxylation is 1. The first-order chi connectivity index (χ1) is 23.2. The lowest BCUT2D eigenvalue weighted by atomic mass is 9.70. The number of hydrogen-bond donors (Lipinski definition) is 0. The Morgan fingerprint density at radius 3 is 1.49 bits per heavy atom. The topological polar surface area (TPSA) is 4.93 Å². The SMILES string of the molecule is Cn1c2ccc(-c3ccc4c(c3)C3(c5ccccc5-c5ccccc53)c3ccccc3-4)cc2c2c3ccccc3c3ccccc3c21. The summed E-state index contributed by atoms with van der Waals surface area (Å²) in [6.45, 7) is 0. The van der Waals surface area contributed by atoms with Crippen molar-refractivity contribution >= 4 is 43.4 Å². The molecule has 1 heteroatoms. The highest BCUT2D eigenvalue weighted by molar-refractivity contribution is 6.31. The number of fused-ring (bicyclic) bond motifs is 18. The Hall–Kier alpha value is -5.92. The van der Waals surface area contributed by atoms with E-state index >= 15 is 0 Å². The van der Waals surface area contributed by atoms with E-state index < -0.39 is 0 Å². The van der Waals surface area contributed by atoms with Gasteiger partial charge in [-0.05, 0) is 90.0 Å². The van der Waals surface area contributed by atoms with Crippen LogP contribution in [-0.2, 0) is 12.5 Å². The van der Waals surface area contributed by atoms with Crippen LogP contribution < -0.4 is 0 Å². The van der Waals surface area contributed by atoms with Crippen molar-refractivity contribution in [3.63, 3.8) is 0 Å². The van der Waals surface area contributed by atoms with Gasteiger partial charge >= 0.3 is 0 Å². The van der Waals surface area contributed by atoms with Crippen molar-refractivity contribution in [1.82, 2.24) is 4.57 Å². The minimum atomic E-state index is -0.339. The first kappa shape index (κ1) is 25.3. The molecule has 0 atom stereocenters. The zero-order valence-corrected chi connectivity index (χ0v) is 26.0. The van der Waals surface area contributed by atoms with Gasteiger partial charge in [0, 0.05) is 28.7 Å². The number of aromatic nitrogens is 1. The summed E-state index contributed by atoms with van der Waals surface area (Å²) in [5.41, 5.74) is 15.6. The van der Waals surface area contributed by atoms with Crippen LogP contribution in [-0.4, -0.2) is 4.57 Å². The third-order valence-electron chi connectivity index (χ3n) is 11.2. The van der Waals surface area contributed by atoms with Crippen LogP contribution in [0.3, 0.4) is 0 Å². The Balaban J connectivity index is 1.21. The summed E-state index contributed by atoms with van der Waals surface area (Å²) in [6.07, 6.45) is 0. The number of nitrogens with zero attached hydrogens (tertiary/aromatic N) is 1. The Labute approximate surface area is 273 Å². The Morgan fingerprint density at radius 1 is 0.383 bits per heavy atom. The average Bonchev–Trinajstić information content (AvgIpc) is 3.73. The molecule has 2 aliphatic rings.